The highest BCUT2D eigenvalue weighted by Crippen LogP contribution is 2.22. The molecule has 138 valence electrons. The van der Waals surface area contributed by atoms with Gasteiger partial charge in [0.25, 0.3) is 5.91 Å². The summed E-state index contributed by atoms with van der Waals surface area (Å²) in [7, 11) is -3.44. The molecule has 8 heteroatoms. The lowest BCUT2D eigenvalue weighted by molar-refractivity contribution is -0.118. The quantitative estimate of drug-likeness (QED) is 0.750. The fraction of sp³-hybridized carbons (Fsp3) is 0.278. The molecule has 6 nitrogen and oxygen atoms in total. The third kappa shape index (κ3) is 4.63. The number of halogens is 1. The van der Waals surface area contributed by atoms with E-state index in [-0.39, 0.29) is 17.4 Å². The standard InChI is InChI=1S/C18H19BrN2O4S/c19-14-4-3-5-16(12-14)25-13-18(22)20-15-6-8-17(9-7-15)26(23,24)21-10-1-2-11-21/h3-9,12H,1-2,10-11,13H2,(H,20,22). The van der Waals surface area contributed by atoms with Crippen molar-refractivity contribution < 1.29 is 17.9 Å². The van der Waals surface area contributed by atoms with Crippen molar-refractivity contribution in [1.82, 2.24) is 4.31 Å². The summed E-state index contributed by atoms with van der Waals surface area (Å²) in [6, 6.07) is 13.4. The van der Waals surface area contributed by atoms with Crippen molar-refractivity contribution in [3.63, 3.8) is 0 Å². The summed E-state index contributed by atoms with van der Waals surface area (Å²) in [6.45, 7) is 0.992. The number of nitrogens with zero attached hydrogens (tertiary/aromatic N) is 1. The highest BCUT2D eigenvalue weighted by Gasteiger charge is 2.26. The van der Waals surface area contributed by atoms with Gasteiger partial charge in [0.05, 0.1) is 4.90 Å². The molecular weight excluding hydrogens is 420 g/mol. The lowest BCUT2D eigenvalue weighted by atomic mass is 10.3. The first kappa shape index (κ1) is 18.9. The number of hydrogen-bond acceptors (Lipinski definition) is 4. The Bertz CT molecular complexity index is 878. The Morgan fingerprint density at radius 1 is 1.12 bits per heavy atom. The number of carbonyl (C=O) groups is 1. The maximum absolute atomic E-state index is 12.5. The Balaban J connectivity index is 1.57. The first-order chi connectivity index (χ1) is 12.4. The monoisotopic (exact) mass is 438 g/mol. The highest BCUT2D eigenvalue weighted by atomic mass is 79.9. The zero-order valence-corrected chi connectivity index (χ0v) is 16.4. The molecule has 26 heavy (non-hydrogen) atoms. The van der Waals surface area contributed by atoms with Crippen LogP contribution in [0, 0.1) is 0 Å². The first-order valence-electron chi connectivity index (χ1n) is 8.23. The second-order valence-electron chi connectivity index (χ2n) is 5.93. The largest absolute Gasteiger partial charge is 0.484 e. The van der Waals surface area contributed by atoms with E-state index in [0.29, 0.717) is 24.5 Å². The Kier molecular flexibility index (Phi) is 5.95. The van der Waals surface area contributed by atoms with E-state index in [4.69, 9.17) is 4.74 Å². The number of nitrogens with one attached hydrogen (secondary N) is 1. The summed E-state index contributed by atoms with van der Waals surface area (Å²) in [5, 5.41) is 2.69. The maximum atomic E-state index is 12.5. The van der Waals surface area contributed by atoms with Crippen molar-refractivity contribution in [3.8, 4) is 5.75 Å². The number of benzene rings is 2. The predicted octanol–water partition coefficient (Wildman–Crippen LogP) is 3.25. The maximum Gasteiger partial charge on any atom is 0.262 e. The summed E-state index contributed by atoms with van der Waals surface area (Å²) in [6.07, 6.45) is 1.79. The molecule has 1 fully saturated rings. The van der Waals surface area contributed by atoms with Gasteiger partial charge in [0.2, 0.25) is 10.0 Å². The van der Waals surface area contributed by atoms with Crippen LogP contribution in [-0.4, -0.2) is 38.3 Å². The second-order valence-corrected chi connectivity index (χ2v) is 8.78. The van der Waals surface area contributed by atoms with Crippen LogP contribution in [0.1, 0.15) is 12.8 Å². The van der Waals surface area contributed by atoms with Crippen LogP contribution >= 0.6 is 15.9 Å². The van der Waals surface area contributed by atoms with E-state index in [1.54, 1.807) is 24.3 Å². The second kappa shape index (κ2) is 8.20. The van der Waals surface area contributed by atoms with E-state index in [9.17, 15) is 13.2 Å². The SMILES string of the molecule is O=C(COc1cccc(Br)c1)Nc1ccc(S(=O)(=O)N2CCCC2)cc1. The molecule has 2 aromatic rings. The number of carbonyl (C=O) groups excluding carboxylic acids is 1. The molecule has 3 rings (SSSR count). The van der Waals surface area contributed by atoms with Gasteiger partial charge in [-0.15, -0.1) is 0 Å². The summed E-state index contributed by atoms with van der Waals surface area (Å²) >= 11 is 3.34. The fourth-order valence-corrected chi connectivity index (χ4v) is 4.59. The van der Waals surface area contributed by atoms with Crippen molar-refractivity contribution >= 4 is 37.5 Å². The molecule has 1 heterocycles. The lowest BCUT2D eigenvalue weighted by Crippen LogP contribution is -2.27. The van der Waals surface area contributed by atoms with Crippen LogP contribution in [0.5, 0.6) is 5.75 Å². The van der Waals surface area contributed by atoms with E-state index in [0.717, 1.165) is 17.3 Å². The molecule has 1 saturated heterocycles. The molecule has 0 bridgehead atoms. The van der Waals surface area contributed by atoms with E-state index in [2.05, 4.69) is 21.2 Å². The fourth-order valence-electron chi connectivity index (χ4n) is 2.69. The molecule has 0 saturated carbocycles. The van der Waals surface area contributed by atoms with Crippen molar-refractivity contribution in [3.05, 3.63) is 53.0 Å². The van der Waals surface area contributed by atoms with Crippen LogP contribution in [0.2, 0.25) is 0 Å². The van der Waals surface area contributed by atoms with Crippen LogP contribution in [0.3, 0.4) is 0 Å². The van der Waals surface area contributed by atoms with Gasteiger partial charge in [0.15, 0.2) is 6.61 Å². The van der Waals surface area contributed by atoms with Gasteiger partial charge in [-0.25, -0.2) is 8.42 Å². The third-order valence-corrected chi connectivity index (χ3v) is 6.41. The zero-order chi connectivity index (χ0) is 18.6. The molecule has 1 aliphatic rings. The Morgan fingerprint density at radius 3 is 2.46 bits per heavy atom. The van der Waals surface area contributed by atoms with Gasteiger partial charge in [-0.2, -0.15) is 4.31 Å². The molecule has 1 amide bonds. The van der Waals surface area contributed by atoms with Crippen LogP contribution in [-0.2, 0) is 14.8 Å². The molecule has 0 radical (unpaired) electrons. The average Bonchev–Trinajstić information content (AvgIpc) is 3.16. The summed E-state index contributed by atoms with van der Waals surface area (Å²) in [4.78, 5) is 12.2. The molecule has 0 aliphatic carbocycles. The molecule has 0 spiro atoms. The van der Waals surface area contributed by atoms with Crippen molar-refractivity contribution in [2.75, 3.05) is 25.0 Å². The number of rotatable bonds is 6. The molecule has 0 aromatic heterocycles. The predicted molar refractivity (Wildman–Crippen MR) is 103 cm³/mol. The van der Waals surface area contributed by atoms with Gasteiger partial charge in [-0.1, -0.05) is 22.0 Å². The summed E-state index contributed by atoms with van der Waals surface area (Å²) in [5.74, 6) is 0.265. The van der Waals surface area contributed by atoms with Gasteiger partial charge in [-0.3, -0.25) is 4.79 Å². The molecule has 0 unspecified atom stereocenters. The van der Waals surface area contributed by atoms with E-state index < -0.39 is 10.0 Å². The Labute approximate surface area is 161 Å². The summed E-state index contributed by atoms with van der Waals surface area (Å²) < 4.78 is 32.7. The molecular formula is C18H19BrN2O4S. The van der Waals surface area contributed by atoms with Gasteiger partial charge in [0, 0.05) is 23.2 Å². The van der Waals surface area contributed by atoms with Crippen molar-refractivity contribution in [2.24, 2.45) is 0 Å². The van der Waals surface area contributed by atoms with Crippen LogP contribution < -0.4 is 10.1 Å². The number of amides is 1. The van der Waals surface area contributed by atoms with Crippen molar-refractivity contribution in [2.45, 2.75) is 17.7 Å². The smallest absolute Gasteiger partial charge is 0.262 e. The van der Waals surface area contributed by atoms with Gasteiger partial charge in [0.1, 0.15) is 5.75 Å². The van der Waals surface area contributed by atoms with Gasteiger partial charge < -0.3 is 10.1 Å². The molecule has 2 aromatic carbocycles. The zero-order valence-electron chi connectivity index (χ0n) is 14.0. The normalized spacial score (nSPS) is 15.0. The Hall–Kier alpha value is -1.90. The summed E-state index contributed by atoms with van der Waals surface area (Å²) in [5.41, 5.74) is 0.521. The van der Waals surface area contributed by atoms with Crippen molar-refractivity contribution in [1.29, 1.82) is 0 Å². The van der Waals surface area contributed by atoms with Gasteiger partial charge >= 0.3 is 0 Å². The first-order valence-corrected chi connectivity index (χ1v) is 10.5. The third-order valence-electron chi connectivity index (χ3n) is 4.01. The Morgan fingerprint density at radius 2 is 1.81 bits per heavy atom. The van der Waals surface area contributed by atoms with Crippen LogP contribution in [0.15, 0.2) is 57.9 Å². The number of anilines is 1. The lowest BCUT2D eigenvalue weighted by Gasteiger charge is -2.15. The molecule has 1 N–H and O–H groups in total. The number of sulfonamides is 1. The molecule has 0 atom stereocenters. The minimum atomic E-state index is -3.44. The number of ether oxygens (including phenoxy) is 1. The average molecular weight is 439 g/mol. The molecule has 1 aliphatic heterocycles. The van der Waals surface area contributed by atoms with E-state index >= 15 is 0 Å². The number of hydrogen-bond donors (Lipinski definition) is 1. The minimum absolute atomic E-state index is 0.135. The van der Waals surface area contributed by atoms with Crippen LogP contribution in [0.25, 0.3) is 0 Å². The minimum Gasteiger partial charge on any atom is -0.484 e. The van der Waals surface area contributed by atoms with Gasteiger partial charge in [-0.05, 0) is 55.3 Å². The van der Waals surface area contributed by atoms with E-state index in [1.165, 1.54) is 16.4 Å². The topological polar surface area (TPSA) is 75.7 Å². The highest BCUT2D eigenvalue weighted by molar-refractivity contribution is 9.10. The van der Waals surface area contributed by atoms with Crippen LogP contribution in [0.4, 0.5) is 5.69 Å². The van der Waals surface area contributed by atoms with E-state index in [1.807, 2.05) is 12.1 Å².